The lowest BCUT2D eigenvalue weighted by Crippen LogP contribution is -2.44. The minimum atomic E-state index is -0.0976. The van der Waals surface area contributed by atoms with E-state index >= 15 is 0 Å². The number of benzene rings is 2. The summed E-state index contributed by atoms with van der Waals surface area (Å²) >= 11 is 1.50. The first-order valence-corrected chi connectivity index (χ1v) is 15.4. The second-order valence-corrected chi connectivity index (χ2v) is 11.8. The Morgan fingerprint density at radius 2 is 1.76 bits per heavy atom. The second-order valence-electron chi connectivity index (χ2n) is 10.9. The summed E-state index contributed by atoms with van der Waals surface area (Å²) in [6, 6.07) is 22.5. The van der Waals surface area contributed by atoms with Crippen molar-refractivity contribution < 1.29 is 9.59 Å². The third-order valence-corrected chi connectivity index (χ3v) is 8.45. The van der Waals surface area contributed by atoms with Crippen LogP contribution in [-0.4, -0.2) is 56.8 Å². The van der Waals surface area contributed by atoms with E-state index in [1.165, 1.54) is 16.9 Å². The predicted octanol–water partition coefficient (Wildman–Crippen LogP) is 5.75. The van der Waals surface area contributed by atoms with E-state index in [2.05, 4.69) is 57.0 Å². The summed E-state index contributed by atoms with van der Waals surface area (Å²) in [4.78, 5) is 35.2. The highest BCUT2D eigenvalue weighted by molar-refractivity contribution is 7.09. The fraction of sp³-hybridized carbons (Fsp3) is 0.364. The predicted molar refractivity (Wildman–Crippen MR) is 164 cm³/mol. The van der Waals surface area contributed by atoms with E-state index in [1.807, 2.05) is 59.8 Å². The van der Waals surface area contributed by atoms with Crippen molar-refractivity contribution in [3.8, 4) is 0 Å². The van der Waals surface area contributed by atoms with Gasteiger partial charge in [0.05, 0.1) is 13.1 Å². The molecule has 2 aromatic carbocycles. The summed E-state index contributed by atoms with van der Waals surface area (Å²) in [5, 5.41) is 5.92. The summed E-state index contributed by atoms with van der Waals surface area (Å²) in [5.41, 5.74) is 4.69. The molecule has 1 saturated heterocycles. The maximum absolute atomic E-state index is 13.2. The number of nitrogens with zero attached hydrogens (tertiary/aromatic N) is 4. The average Bonchev–Trinajstić information content (AvgIpc) is 3.64. The number of carbonyl (C=O) groups is 2. The van der Waals surface area contributed by atoms with Crippen LogP contribution in [0.15, 0.2) is 78.3 Å². The van der Waals surface area contributed by atoms with Crippen LogP contribution in [0.4, 0.5) is 0 Å². The number of carbonyl (C=O) groups excluding carboxylic acids is 2. The van der Waals surface area contributed by atoms with Gasteiger partial charge >= 0.3 is 0 Å². The number of aryl methyl sites for hydroxylation is 1. The fourth-order valence-electron chi connectivity index (χ4n) is 5.31. The minimum absolute atomic E-state index is 0.0405. The van der Waals surface area contributed by atoms with E-state index in [4.69, 9.17) is 0 Å². The van der Waals surface area contributed by atoms with Gasteiger partial charge in [-0.1, -0.05) is 55.0 Å². The van der Waals surface area contributed by atoms with E-state index in [0.29, 0.717) is 30.9 Å². The minimum Gasteiger partial charge on any atom is -0.348 e. The van der Waals surface area contributed by atoms with Crippen LogP contribution in [0, 0.1) is 6.92 Å². The highest BCUT2D eigenvalue weighted by atomic mass is 32.1. The average molecular weight is 570 g/mol. The molecule has 1 aliphatic rings. The molecule has 41 heavy (non-hydrogen) atoms. The lowest BCUT2D eigenvalue weighted by molar-refractivity contribution is 0.0739. The Bertz CT molecular complexity index is 1420. The van der Waals surface area contributed by atoms with Crippen LogP contribution in [-0.2, 0) is 19.6 Å². The Labute approximate surface area is 246 Å². The molecule has 0 spiro atoms. The van der Waals surface area contributed by atoms with Gasteiger partial charge in [0.2, 0.25) is 0 Å². The van der Waals surface area contributed by atoms with Gasteiger partial charge in [-0.3, -0.25) is 14.5 Å². The molecule has 8 heteroatoms. The number of hydrogen-bond donors (Lipinski definition) is 1. The Morgan fingerprint density at radius 1 is 1.00 bits per heavy atom. The third kappa shape index (κ3) is 7.71. The van der Waals surface area contributed by atoms with E-state index in [0.717, 1.165) is 55.2 Å². The standard InChI is InChI=1S/C33H39N5O2S/c1-3-17-38(33(40)27-13-11-25(2)12-14-27)22-29-10-7-18-37(29)23-31-35-30(24-41-31)32(39)34-28-15-19-36(20-16-28)21-26-8-5-4-6-9-26/h4-14,18,24,28H,3,15-17,19-23H2,1-2H3,(H,34,39). The van der Waals surface area contributed by atoms with Gasteiger partial charge in [-0.25, -0.2) is 4.98 Å². The first-order valence-electron chi connectivity index (χ1n) is 14.5. The molecule has 0 unspecified atom stereocenters. The molecule has 0 bridgehead atoms. The zero-order valence-electron chi connectivity index (χ0n) is 24.0. The van der Waals surface area contributed by atoms with Crippen molar-refractivity contribution in [1.82, 2.24) is 24.7 Å². The molecule has 3 heterocycles. The second kappa shape index (κ2) is 13.7. The number of thiazole rings is 1. The Hall–Kier alpha value is -3.75. The number of piperidine rings is 1. The molecule has 7 nitrogen and oxygen atoms in total. The molecule has 1 aliphatic heterocycles. The molecule has 1 fully saturated rings. The number of aromatic nitrogens is 2. The maximum Gasteiger partial charge on any atom is 0.270 e. The Kier molecular flexibility index (Phi) is 9.64. The van der Waals surface area contributed by atoms with Crippen LogP contribution >= 0.6 is 11.3 Å². The smallest absolute Gasteiger partial charge is 0.270 e. The largest absolute Gasteiger partial charge is 0.348 e. The number of amides is 2. The fourth-order valence-corrected chi connectivity index (χ4v) is 6.09. The first kappa shape index (κ1) is 28.8. The summed E-state index contributed by atoms with van der Waals surface area (Å²) < 4.78 is 2.12. The zero-order valence-corrected chi connectivity index (χ0v) is 24.8. The summed E-state index contributed by atoms with van der Waals surface area (Å²) in [6.45, 7) is 8.78. The van der Waals surface area contributed by atoms with Crippen LogP contribution in [0.3, 0.4) is 0 Å². The molecule has 2 aromatic heterocycles. The number of hydrogen-bond acceptors (Lipinski definition) is 5. The Balaban J connectivity index is 1.15. The number of likely N-dealkylation sites (tertiary alicyclic amines) is 1. The quantitative estimate of drug-likeness (QED) is 0.250. The topological polar surface area (TPSA) is 70.5 Å². The van der Waals surface area contributed by atoms with Crippen molar-refractivity contribution in [3.05, 3.63) is 111 Å². The molecule has 1 N–H and O–H groups in total. The van der Waals surface area contributed by atoms with Crippen LogP contribution in [0.2, 0.25) is 0 Å². The lowest BCUT2D eigenvalue weighted by atomic mass is 10.0. The molecular formula is C33H39N5O2S. The van der Waals surface area contributed by atoms with Gasteiger partial charge in [0.1, 0.15) is 10.7 Å². The van der Waals surface area contributed by atoms with E-state index in [1.54, 1.807) is 0 Å². The molecule has 5 rings (SSSR count). The molecule has 2 amide bonds. The van der Waals surface area contributed by atoms with Gasteiger partial charge in [0.25, 0.3) is 11.8 Å². The molecule has 0 aliphatic carbocycles. The van der Waals surface area contributed by atoms with Crippen molar-refractivity contribution >= 4 is 23.2 Å². The van der Waals surface area contributed by atoms with Gasteiger partial charge in [-0.05, 0) is 56.0 Å². The first-order chi connectivity index (χ1) is 20.0. The normalized spacial score (nSPS) is 14.2. The number of nitrogens with one attached hydrogen (secondary N) is 1. The summed E-state index contributed by atoms with van der Waals surface area (Å²) in [7, 11) is 0. The molecule has 214 valence electrons. The van der Waals surface area contributed by atoms with Gasteiger partial charge in [-0.15, -0.1) is 11.3 Å². The lowest BCUT2D eigenvalue weighted by Gasteiger charge is -2.32. The monoisotopic (exact) mass is 569 g/mol. The molecule has 0 saturated carbocycles. The highest BCUT2D eigenvalue weighted by Gasteiger charge is 2.23. The van der Waals surface area contributed by atoms with Crippen LogP contribution < -0.4 is 5.32 Å². The van der Waals surface area contributed by atoms with Crippen molar-refractivity contribution in [2.45, 2.75) is 58.8 Å². The molecule has 4 aromatic rings. The summed E-state index contributed by atoms with van der Waals surface area (Å²) in [6.07, 6.45) is 4.78. The SMILES string of the molecule is CCCN(Cc1cccn1Cc1nc(C(=O)NC2CCN(Cc3ccccc3)CC2)cs1)C(=O)c1ccc(C)cc1. The van der Waals surface area contributed by atoms with E-state index in [-0.39, 0.29) is 17.9 Å². The number of rotatable bonds is 11. The van der Waals surface area contributed by atoms with Crippen molar-refractivity contribution in [2.75, 3.05) is 19.6 Å². The molecular weight excluding hydrogens is 530 g/mol. The van der Waals surface area contributed by atoms with E-state index in [9.17, 15) is 9.59 Å². The molecule has 0 radical (unpaired) electrons. The van der Waals surface area contributed by atoms with Crippen molar-refractivity contribution in [1.29, 1.82) is 0 Å². The maximum atomic E-state index is 13.2. The van der Waals surface area contributed by atoms with E-state index < -0.39 is 0 Å². The van der Waals surface area contributed by atoms with Gasteiger partial charge in [0, 0.05) is 55.1 Å². The molecule has 0 atom stereocenters. The van der Waals surface area contributed by atoms with Crippen LogP contribution in [0.5, 0.6) is 0 Å². The van der Waals surface area contributed by atoms with Crippen molar-refractivity contribution in [3.63, 3.8) is 0 Å². The van der Waals surface area contributed by atoms with Crippen LogP contribution in [0.25, 0.3) is 0 Å². The van der Waals surface area contributed by atoms with Gasteiger partial charge in [-0.2, -0.15) is 0 Å². The third-order valence-electron chi connectivity index (χ3n) is 7.62. The van der Waals surface area contributed by atoms with Gasteiger partial charge < -0.3 is 14.8 Å². The van der Waals surface area contributed by atoms with Crippen LogP contribution in [0.1, 0.15) is 68.9 Å². The van der Waals surface area contributed by atoms with Crippen molar-refractivity contribution in [2.24, 2.45) is 0 Å². The van der Waals surface area contributed by atoms with Gasteiger partial charge in [0.15, 0.2) is 0 Å². The Morgan fingerprint density at radius 3 is 2.49 bits per heavy atom. The summed E-state index contributed by atoms with van der Waals surface area (Å²) in [5.74, 6) is -0.0572. The highest BCUT2D eigenvalue weighted by Crippen LogP contribution is 2.18. The zero-order chi connectivity index (χ0) is 28.6.